The second-order valence-electron chi connectivity index (χ2n) is 8.86. The van der Waals surface area contributed by atoms with Crippen LogP contribution >= 0.6 is 11.8 Å². The van der Waals surface area contributed by atoms with E-state index in [1.807, 2.05) is 6.07 Å². The molecule has 194 valence electrons. The molecule has 0 saturated heterocycles. The third kappa shape index (κ3) is 4.92. The molecule has 0 radical (unpaired) electrons. The van der Waals surface area contributed by atoms with Crippen molar-refractivity contribution in [2.24, 2.45) is 0 Å². The Hall–Kier alpha value is -2.38. The minimum atomic E-state index is -2.46. The van der Waals surface area contributed by atoms with Crippen LogP contribution in [0.3, 0.4) is 0 Å². The van der Waals surface area contributed by atoms with E-state index in [9.17, 15) is 19.7 Å². The fraction of sp³-hybridized carbons (Fsp3) is 0.583. The van der Waals surface area contributed by atoms with Gasteiger partial charge in [-0.05, 0) is 36.9 Å². The number of aromatic nitrogens is 5. The molecule has 36 heavy (non-hydrogen) atoms. The van der Waals surface area contributed by atoms with Crippen LogP contribution in [0.15, 0.2) is 23.4 Å². The molecule has 1 aromatic carbocycles. The van der Waals surface area contributed by atoms with Gasteiger partial charge >= 0.3 is 0 Å². The maximum absolute atomic E-state index is 14.2. The van der Waals surface area contributed by atoms with Gasteiger partial charge in [0.2, 0.25) is 0 Å². The van der Waals surface area contributed by atoms with Crippen molar-refractivity contribution in [3.05, 3.63) is 35.1 Å². The van der Waals surface area contributed by atoms with Crippen LogP contribution in [-0.4, -0.2) is 83.5 Å². The fourth-order valence-corrected chi connectivity index (χ4v) is 4.95. The van der Waals surface area contributed by atoms with Crippen LogP contribution in [-0.2, 0) is 4.74 Å². The van der Waals surface area contributed by atoms with Crippen LogP contribution in [0.25, 0.3) is 11.2 Å². The van der Waals surface area contributed by atoms with Gasteiger partial charge in [-0.2, -0.15) is 0 Å². The van der Waals surface area contributed by atoms with E-state index < -0.39 is 49.6 Å². The number of anilines is 1. The van der Waals surface area contributed by atoms with Gasteiger partial charge in [-0.3, -0.25) is 0 Å². The Morgan fingerprint density at radius 1 is 1.28 bits per heavy atom. The van der Waals surface area contributed by atoms with Crippen LogP contribution in [0.4, 0.5) is 10.2 Å². The molecule has 12 heteroatoms. The Bertz CT molecular complexity index is 1480. The zero-order valence-electron chi connectivity index (χ0n) is 25.6. The monoisotopic (exact) mass is 524 g/mol. The Labute approximate surface area is 220 Å². The number of nitrogens with zero attached hydrogens (tertiary/aromatic N) is 5. The number of aliphatic hydroxyl groups is 3. The number of benzene rings is 1. The van der Waals surface area contributed by atoms with Crippen molar-refractivity contribution in [2.45, 2.75) is 74.5 Å². The number of fused-ring (bicyclic) bond motifs is 1. The Morgan fingerprint density at radius 3 is 2.86 bits per heavy atom. The van der Waals surface area contributed by atoms with Crippen LogP contribution in [0.2, 0.25) is 0 Å². The van der Waals surface area contributed by atoms with E-state index in [-0.39, 0.29) is 46.3 Å². The SMILES string of the molecule is [2H]C([2H])(CO)O[C@H]1C[C@@H](n2nnc3c(N[C@@H]4C[C@H]4c4ccc(C)c(F)c4)nc(SC([2H])([2H])C([2H])([2H])C)nc32)[C@H](O)[C@@H]1O. The molecule has 2 aromatic heterocycles. The summed E-state index contributed by atoms with van der Waals surface area (Å²) in [6, 6.07) is 3.88. The average molecular weight is 525 g/mol. The molecular formula is C24H31FN6O4S. The zero-order valence-corrected chi connectivity index (χ0v) is 20.4. The van der Waals surface area contributed by atoms with Crippen LogP contribution in [0.5, 0.6) is 0 Å². The second kappa shape index (κ2) is 10.5. The lowest BCUT2D eigenvalue weighted by Gasteiger charge is -2.17. The highest BCUT2D eigenvalue weighted by atomic mass is 32.2. The molecule has 2 aliphatic rings. The first-order chi connectivity index (χ1) is 19.5. The van der Waals surface area contributed by atoms with E-state index in [0.717, 1.165) is 12.5 Å². The average Bonchev–Trinajstić information content (AvgIpc) is 3.45. The third-order valence-corrected chi connectivity index (χ3v) is 7.17. The van der Waals surface area contributed by atoms with Gasteiger partial charge in [0.15, 0.2) is 22.1 Å². The molecule has 2 saturated carbocycles. The molecule has 2 aliphatic carbocycles. The summed E-state index contributed by atoms with van der Waals surface area (Å²) >= 11 is 0.461. The summed E-state index contributed by atoms with van der Waals surface area (Å²) in [6.45, 7) is -0.646. The van der Waals surface area contributed by atoms with E-state index in [4.69, 9.17) is 13.0 Å². The second-order valence-corrected chi connectivity index (χ2v) is 9.63. The number of aryl methyl sites for hydroxylation is 1. The first-order valence-electron chi connectivity index (χ1n) is 14.5. The maximum Gasteiger partial charge on any atom is 0.191 e. The lowest BCUT2D eigenvalue weighted by atomic mass is 10.1. The molecule has 0 amide bonds. The molecule has 10 nitrogen and oxygen atoms in total. The van der Waals surface area contributed by atoms with Crippen molar-refractivity contribution in [2.75, 3.05) is 24.2 Å². The molecule has 5 rings (SSSR count). The number of ether oxygens (including phenoxy) is 1. The molecule has 0 aliphatic heterocycles. The molecule has 0 spiro atoms. The van der Waals surface area contributed by atoms with Crippen molar-refractivity contribution >= 4 is 28.7 Å². The lowest BCUT2D eigenvalue weighted by molar-refractivity contribution is -0.0629. The van der Waals surface area contributed by atoms with E-state index in [0.29, 0.717) is 23.7 Å². The molecule has 0 unspecified atom stereocenters. The zero-order chi connectivity index (χ0) is 30.8. The summed E-state index contributed by atoms with van der Waals surface area (Å²) in [6.07, 6.45) is -5.91. The summed E-state index contributed by atoms with van der Waals surface area (Å²) in [5, 5.41) is 42.0. The number of rotatable bonds is 10. The van der Waals surface area contributed by atoms with Gasteiger partial charge in [0.05, 0.1) is 28.1 Å². The summed E-state index contributed by atoms with van der Waals surface area (Å²) in [4.78, 5) is 8.80. The number of aliphatic hydroxyl groups excluding tert-OH is 3. The summed E-state index contributed by atoms with van der Waals surface area (Å²) in [5.74, 6) is -0.163. The topological polar surface area (TPSA) is 138 Å². The normalized spacial score (nSPS) is 31.3. The number of halogens is 1. The summed E-state index contributed by atoms with van der Waals surface area (Å²) < 4.78 is 68.2. The Morgan fingerprint density at radius 2 is 2.11 bits per heavy atom. The van der Waals surface area contributed by atoms with Gasteiger partial charge in [0.25, 0.3) is 0 Å². The summed E-state index contributed by atoms with van der Waals surface area (Å²) in [5.41, 5.74) is -0.883. The standard InChI is InChI=1S/C24H31FN6O4S/c1-3-8-36-24-27-22(26-16-10-14(16)13-5-4-12(2)15(25)9-13)19-23(28-24)31(30-29-19)17-11-18(35-7-6-32)21(34)20(17)33/h4-5,9,14,16-18,20-21,32-34H,3,6-8,10-11H2,1-2H3,(H,26,27,28)/t14-,16+,17+,18-,20-,21+/m0/s1/i3D2,7D2,8D2. The first-order valence-corrected chi connectivity index (χ1v) is 12.3. The first kappa shape index (κ1) is 18.8. The molecule has 4 N–H and O–H groups in total. The Kier molecular flexibility index (Phi) is 5.51. The summed E-state index contributed by atoms with van der Waals surface area (Å²) in [7, 11) is 0. The Balaban J connectivity index is 1.49. The minimum absolute atomic E-state index is 0.0290. The van der Waals surface area contributed by atoms with Gasteiger partial charge in [-0.15, -0.1) is 5.10 Å². The van der Waals surface area contributed by atoms with Gasteiger partial charge in [-0.1, -0.05) is 36.0 Å². The number of thioether (sulfide) groups is 1. The van der Waals surface area contributed by atoms with E-state index >= 15 is 0 Å². The van der Waals surface area contributed by atoms with Gasteiger partial charge in [-0.25, -0.2) is 19.0 Å². The predicted octanol–water partition coefficient (Wildman–Crippen LogP) is 2.18. The van der Waals surface area contributed by atoms with Crippen molar-refractivity contribution in [1.29, 1.82) is 0 Å². The molecule has 2 fully saturated rings. The van der Waals surface area contributed by atoms with Crippen molar-refractivity contribution in [3.8, 4) is 0 Å². The minimum Gasteiger partial charge on any atom is -0.394 e. The molecule has 3 aromatic rings. The highest BCUT2D eigenvalue weighted by molar-refractivity contribution is 7.99. The third-order valence-electron chi connectivity index (χ3n) is 6.50. The largest absolute Gasteiger partial charge is 0.394 e. The molecule has 2 heterocycles. The van der Waals surface area contributed by atoms with E-state index in [1.165, 1.54) is 10.7 Å². The van der Waals surface area contributed by atoms with E-state index in [1.54, 1.807) is 13.0 Å². The molecule has 6 atom stereocenters. The van der Waals surface area contributed by atoms with Gasteiger partial charge in [0.1, 0.15) is 18.0 Å². The van der Waals surface area contributed by atoms with Crippen LogP contribution in [0.1, 0.15) is 57.4 Å². The highest BCUT2D eigenvalue weighted by Crippen LogP contribution is 2.44. The predicted molar refractivity (Wildman–Crippen MR) is 133 cm³/mol. The van der Waals surface area contributed by atoms with Crippen LogP contribution in [0, 0.1) is 12.7 Å². The van der Waals surface area contributed by atoms with Gasteiger partial charge < -0.3 is 25.4 Å². The quantitative estimate of drug-likeness (QED) is 0.231. The molecule has 0 bridgehead atoms. The van der Waals surface area contributed by atoms with Crippen molar-refractivity contribution in [3.63, 3.8) is 0 Å². The number of nitrogens with one attached hydrogen (secondary N) is 1. The maximum atomic E-state index is 14.2. The van der Waals surface area contributed by atoms with Crippen molar-refractivity contribution in [1.82, 2.24) is 25.0 Å². The number of hydrogen-bond donors (Lipinski definition) is 4. The fourth-order valence-electron chi connectivity index (χ4n) is 4.49. The van der Waals surface area contributed by atoms with Crippen LogP contribution < -0.4 is 5.32 Å². The number of hydrogen-bond acceptors (Lipinski definition) is 10. The smallest absolute Gasteiger partial charge is 0.191 e. The molecular weight excluding hydrogens is 487 g/mol. The van der Waals surface area contributed by atoms with Gasteiger partial charge in [0, 0.05) is 29.6 Å². The van der Waals surface area contributed by atoms with Crippen molar-refractivity contribution < 1.29 is 32.7 Å². The van der Waals surface area contributed by atoms with E-state index in [2.05, 4.69) is 25.6 Å². The highest BCUT2D eigenvalue weighted by Gasteiger charge is 2.45. The lowest BCUT2D eigenvalue weighted by Crippen LogP contribution is -2.33.